The number of hydrogen-bond acceptors (Lipinski definition) is 7. The quantitative estimate of drug-likeness (QED) is 0.0369. The molecule has 0 aliphatic heterocycles. The zero-order valence-corrected chi connectivity index (χ0v) is 32.0. The molecule has 54 heavy (non-hydrogen) atoms. The number of benzene rings is 2. The lowest BCUT2D eigenvalue weighted by atomic mass is 9.91. The zero-order chi connectivity index (χ0) is 39.8. The summed E-state index contributed by atoms with van der Waals surface area (Å²) in [6.45, 7) is 9.47. The van der Waals surface area contributed by atoms with Gasteiger partial charge >= 0.3 is 6.03 Å². The van der Waals surface area contributed by atoms with Crippen molar-refractivity contribution < 1.29 is 24.0 Å². The topological polar surface area (TPSA) is 250 Å². The molecule has 0 radical (unpaired) electrons. The Kier molecular flexibility index (Phi) is 16.3. The minimum absolute atomic E-state index is 0.00942. The Hall–Kier alpha value is -5.64. The van der Waals surface area contributed by atoms with E-state index in [-0.39, 0.29) is 37.2 Å². The van der Waals surface area contributed by atoms with Gasteiger partial charge in [-0.05, 0) is 55.7 Å². The number of primary amides is 1. The summed E-state index contributed by atoms with van der Waals surface area (Å²) in [5.41, 5.74) is 17.5. The van der Waals surface area contributed by atoms with Crippen LogP contribution >= 0.6 is 0 Å². The molecule has 0 fully saturated rings. The first-order valence-electron chi connectivity index (χ1n) is 18.2. The molecule has 3 rings (SSSR count). The van der Waals surface area contributed by atoms with Crippen LogP contribution in [0.5, 0.6) is 0 Å². The molecule has 16 nitrogen and oxygen atoms in total. The fourth-order valence-corrected chi connectivity index (χ4v) is 5.94. The van der Waals surface area contributed by atoms with Crippen LogP contribution in [0.1, 0.15) is 65.0 Å². The van der Waals surface area contributed by atoms with Gasteiger partial charge in [0.25, 0.3) is 5.91 Å². The number of hydrazine groups is 1. The Labute approximate surface area is 316 Å². The Morgan fingerprint density at radius 3 is 2.17 bits per heavy atom. The lowest BCUT2D eigenvalue weighted by Gasteiger charge is -2.31. The van der Waals surface area contributed by atoms with Gasteiger partial charge in [0.1, 0.15) is 17.6 Å². The van der Waals surface area contributed by atoms with Crippen LogP contribution in [0.2, 0.25) is 0 Å². The van der Waals surface area contributed by atoms with Crippen LogP contribution < -0.4 is 48.9 Å². The van der Waals surface area contributed by atoms with Gasteiger partial charge in [0.2, 0.25) is 17.7 Å². The highest BCUT2D eigenvalue weighted by Gasteiger charge is 2.37. The van der Waals surface area contributed by atoms with Crippen LogP contribution in [-0.2, 0) is 32.0 Å². The van der Waals surface area contributed by atoms with Crippen LogP contribution in [0.4, 0.5) is 4.79 Å². The SMILES string of the molecule is CN=C(N)NCCC[C@H](NC(=O)[C@H](CC(C)C)NC(=O)NNC(=O)[C@H](Cc1ccccc1)NC(C)C)C(=O)N[C@@](C)(Cc1c[nH]c2ccccc12)C(N)=O. The van der Waals surface area contributed by atoms with Crippen molar-refractivity contribution in [3.8, 4) is 0 Å². The van der Waals surface area contributed by atoms with E-state index in [1.165, 1.54) is 14.0 Å². The highest BCUT2D eigenvalue weighted by molar-refractivity contribution is 5.96. The van der Waals surface area contributed by atoms with Gasteiger partial charge in [0.05, 0.1) is 6.04 Å². The van der Waals surface area contributed by atoms with E-state index in [0.717, 1.165) is 22.0 Å². The first kappa shape index (κ1) is 42.8. The number of nitrogens with zero attached hydrogens (tertiary/aromatic N) is 1. The molecule has 0 aliphatic carbocycles. The normalized spacial score (nSPS) is 14.4. The van der Waals surface area contributed by atoms with Gasteiger partial charge in [0, 0.05) is 43.2 Å². The minimum Gasteiger partial charge on any atom is -0.370 e. The van der Waals surface area contributed by atoms with E-state index in [4.69, 9.17) is 11.5 Å². The third-order valence-electron chi connectivity index (χ3n) is 8.77. The van der Waals surface area contributed by atoms with Gasteiger partial charge in [-0.15, -0.1) is 0 Å². The summed E-state index contributed by atoms with van der Waals surface area (Å²) in [6, 6.07) is 13.4. The number of rotatable bonds is 19. The predicted octanol–water partition coefficient (Wildman–Crippen LogP) is 1.22. The number of fused-ring (bicyclic) bond motifs is 1. The maximum atomic E-state index is 13.9. The molecule has 6 amide bonds. The number of urea groups is 1. The van der Waals surface area contributed by atoms with Crippen molar-refractivity contribution in [1.29, 1.82) is 0 Å². The summed E-state index contributed by atoms with van der Waals surface area (Å²) in [4.78, 5) is 73.8. The first-order valence-corrected chi connectivity index (χ1v) is 18.2. The second-order valence-electron chi connectivity index (χ2n) is 14.3. The summed E-state index contributed by atoms with van der Waals surface area (Å²) in [5, 5.41) is 15.2. The van der Waals surface area contributed by atoms with Crippen LogP contribution in [0, 0.1) is 5.92 Å². The fraction of sp³-hybridized carbons (Fsp3) is 0.474. The molecule has 0 unspecified atom stereocenters. The van der Waals surface area contributed by atoms with E-state index in [1.54, 1.807) is 6.20 Å². The third kappa shape index (κ3) is 13.4. The van der Waals surface area contributed by atoms with Crippen molar-refractivity contribution in [3.63, 3.8) is 0 Å². The van der Waals surface area contributed by atoms with E-state index >= 15 is 0 Å². The molecule has 0 aliphatic rings. The van der Waals surface area contributed by atoms with Crippen LogP contribution in [0.15, 0.2) is 65.8 Å². The van der Waals surface area contributed by atoms with Crippen molar-refractivity contribution in [3.05, 3.63) is 71.9 Å². The lowest BCUT2D eigenvalue weighted by Crippen LogP contribution is -2.62. The number of para-hydroxylation sites is 1. The molecular weight excluding hydrogens is 690 g/mol. The van der Waals surface area contributed by atoms with Gasteiger partial charge in [-0.2, -0.15) is 0 Å². The zero-order valence-electron chi connectivity index (χ0n) is 32.0. The Bertz CT molecular complexity index is 1740. The first-order chi connectivity index (χ1) is 25.6. The fourth-order valence-electron chi connectivity index (χ4n) is 5.94. The molecule has 3 aromatic rings. The number of nitrogens with one attached hydrogen (secondary N) is 8. The highest BCUT2D eigenvalue weighted by Crippen LogP contribution is 2.23. The van der Waals surface area contributed by atoms with Gasteiger partial charge in [-0.3, -0.25) is 29.6 Å². The van der Waals surface area contributed by atoms with E-state index in [2.05, 4.69) is 47.4 Å². The number of carbonyl (C=O) groups is 5. The van der Waals surface area contributed by atoms with Crippen molar-refractivity contribution in [1.82, 2.24) is 42.4 Å². The number of nitrogens with two attached hydrogens (primary N) is 2. The smallest absolute Gasteiger partial charge is 0.334 e. The molecule has 2 aromatic carbocycles. The minimum atomic E-state index is -1.51. The summed E-state index contributed by atoms with van der Waals surface area (Å²) in [5.74, 6) is -2.31. The number of aromatic nitrogens is 1. The Balaban J connectivity index is 1.74. The molecule has 294 valence electrons. The highest BCUT2D eigenvalue weighted by atomic mass is 16.2. The lowest BCUT2D eigenvalue weighted by molar-refractivity contribution is -0.134. The van der Waals surface area contributed by atoms with Crippen molar-refractivity contribution >= 4 is 46.5 Å². The molecule has 16 heteroatoms. The number of hydrogen-bond donors (Lipinski definition) is 10. The number of carbonyl (C=O) groups excluding carboxylic acids is 5. The molecule has 4 atom stereocenters. The summed E-state index contributed by atoms with van der Waals surface area (Å²) < 4.78 is 0. The Morgan fingerprint density at radius 1 is 0.833 bits per heavy atom. The summed E-state index contributed by atoms with van der Waals surface area (Å²) >= 11 is 0. The molecule has 12 N–H and O–H groups in total. The molecule has 0 saturated heterocycles. The number of aliphatic imine (C=N–C) groups is 1. The molecule has 0 saturated carbocycles. The average molecular weight is 748 g/mol. The Morgan fingerprint density at radius 2 is 1.52 bits per heavy atom. The molecule has 1 heterocycles. The van der Waals surface area contributed by atoms with E-state index in [9.17, 15) is 24.0 Å². The van der Waals surface area contributed by atoms with Gasteiger partial charge < -0.3 is 43.0 Å². The average Bonchev–Trinajstić information content (AvgIpc) is 3.53. The van der Waals surface area contributed by atoms with E-state index < -0.39 is 53.3 Å². The molecular formula is C38H57N11O5. The van der Waals surface area contributed by atoms with Crippen LogP contribution in [0.3, 0.4) is 0 Å². The van der Waals surface area contributed by atoms with Crippen molar-refractivity contribution in [2.45, 2.75) is 96.4 Å². The van der Waals surface area contributed by atoms with E-state index in [0.29, 0.717) is 19.4 Å². The molecule has 1 aromatic heterocycles. The van der Waals surface area contributed by atoms with Gasteiger partial charge in [-0.25, -0.2) is 10.2 Å². The molecule has 0 bridgehead atoms. The maximum Gasteiger partial charge on any atom is 0.334 e. The number of aromatic amines is 1. The van der Waals surface area contributed by atoms with Gasteiger partial charge in [0.15, 0.2) is 5.96 Å². The molecule has 0 spiro atoms. The largest absolute Gasteiger partial charge is 0.370 e. The summed E-state index contributed by atoms with van der Waals surface area (Å²) in [6.07, 6.45) is 2.99. The summed E-state index contributed by atoms with van der Waals surface area (Å²) in [7, 11) is 1.53. The third-order valence-corrected chi connectivity index (χ3v) is 8.77. The number of amides is 6. The number of H-pyrrole nitrogens is 1. The maximum absolute atomic E-state index is 13.9. The second kappa shape index (κ2) is 20.6. The van der Waals surface area contributed by atoms with Crippen LogP contribution in [0.25, 0.3) is 10.9 Å². The standard InChI is InChI=1S/C38H57N11O5/c1-23(2)19-30(46-37(54)49-48-34(52)31(44-24(3)4)20-25-13-8-7-9-14-25)32(50)45-29(17-12-18-42-36(40)41-6)33(51)47-38(5,35(39)53)21-26-22-43-28-16-11-10-15-27(26)28/h7-11,13-16,22-24,29-31,43-44H,12,17-21H2,1-6H3,(H2,39,53)(H,45,50)(H,47,51)(H,48,52)(H3,40,41,42)(H2,46,49,54)/t29-,30-,31-,38-/m0/s1. The van der Waals surface area contributed by atoms with E-state index in [1.807, 2.05) is 82.3 Å². The number of guanidine groups is 1. The predicted molar refractivity (Wildman–Crippen MR) is 210 cm³/mol. The second-order valence-corrected chi connectivity index (χ2v) is 14.3. The van der Waals surface area contributed by atoms with Crippen molar-refractivity contribution in [2.24, 2.45) is 22.4 Å². The van der Waals surface area contributed by atoms with Gasteiger partial charge in [-0.1, -0.05) is 76.2 Å². The monoisotopic (exact) mass is 747 g/mol. The van der Waals surface area contributed by atoms with Crippen LogP contribution in [-0.4, -0.2) is 83.9 Å². The van der Waals surface area contributed by atoms with Crippen molar-refractivity contribution in [2.75, 3.05) is 13.6 Å².